The lowest BCUT2D eigenvalue weighted by atomic mass is 9.86. The van der Waals surface area contributed by atoms with Crippen molar-refractivity contribution in [2.24, 2.45) is 5.92 Å². The average Bonchev–Trinajstić information content (AvgIpc) is 2.87. The highest BCUT2D eigenvalue weighted by molar-refractivity contribution is 6.01. The number of hydrogen-bond donors (Lipinski definition) is 0. The van der Waals surface area contributed by atoms with Gasteiger partial charge in [0.15, 0.2) is 11.6 Å². The van der Waals surface area contributed by atoms with E-state index in [1.54, 1.807) is 0 Å². The summed E-state index contributed by atoms with van der Waals surface area (Å²) in [6.07, 6.45) is 5.21. The Balaban J connectivity index is 1.68. The molecule has 3 bridgehead atoms. The zero-order valence-electron chi connectivity index (χ0n) is 15.6. The number of hydrogen-bond acceptors (Lipinski definition) is 4. The first-order valence-corrected chi connectivity index (χ1v) is 9.43. The van der Waals surface area contributed by atoms with Gasteiger partial charge < -0.3 is 14.2 Å². The van der Waals surface area contributed by atoms with E-state index >= 15 is 0 Å². The Morgan fingerprint density at radius 2 is 1.88 bits per heavy atom. The van der Waals surface area contributed by atoms with Gasteiger partial charge in [0.25, 0.3) is 0 Å². The molecule has 4 heterocycles. The second kappa shape index (κ2) is 5.15. The summed E-state index contributed by atoms with van der Waals surface area (Å²) in [4.78, 5) is 13.0. The highest BCUT2D eigenvalue weighted by Gasteiger charge is 2.62. The smallest absolute Gasteiger partial charge is 0.190 e. The molecule has 134 valence electrons. The van der Waals surface area contributed by atoms with Gasteiger partial charge in [-0.3, -0.25) is 4.79 Å². The van der Waals surface area contributed by atoms with Crippen LogP contribution in [0, 0.1) is 5.92 Å². The molecule has 0 unspecified atom stereocenters. The Labute approximate surface area is 144 Å². The van der Waals surface area contributed by atoms with Crippen molar-refractivity contribution in [3.8, 4) is 0 Å². The van der Waals surface area contributed by atoms with Gasteiger partial charge in [-0.2, -0.15) is 0 Å². The van der Waals surface area contributed by atoms with Crippen LogP contribution in [-0.4, -0.2) is 35.0 Å². The van der Waals surface area contributed by atoms with Gasteiger partial charge in [0.05, 0.1) is 11.7 Å². The van der Waals surface area contributed by atoms with E-state index < -0.39 is 5.79 Å². The van der Waals surface area contributed by atoms with Gasteiger partial charge in [-0.15, -0.1) is 0 Å². The number of fused-ring (bicyclic) bond motifs is 3. The third kappa shape index (κ3) is 2.49. The van der Waals surface area contributed by atoms with Gasteiger partial charge in [0.2, 0.25) is 0 Å². The fourth-order valence-corrected chi connectivity index (χ4v) is 5.05. The summed E-state index contributed by atoms with van der Waals surface area (Å²) in [7, 11) is 0. The summed E-state index contributed by atoms with van der Waals surface area (Å²) in [5.74, 6) is 0.149. The van der Waals surface area contributed by atoms with Crippen LogP contribution in [0.15, 0.2) is 11.1 Å². The molecule has 4 saturated heterocycles. The van der Waals surface area contributed by atoms with E-state index in [4.69, 9.17) is 14.2 Å². The van der Waals surface area contributed by atoms with Crippen LogP contribution in [0.4, 0.5) is 0 Å². The van der Waals surface area contributed by atoms with Crippen LogP contribution in [0.2, 0.25) is 0 Å². The third-order valence-electron chi connectivity index (χ3n) is 6.72. The van der Waals surface area contributed by atoms with Crippen molar-refractivity contribution in [3.63, 3.8) is 0 Å². The number of ketones is 1. The van der Waals surface area contributed by atoms with Crippen molar-refractivity contribution in [1.29, 1.82) is 0 Å². The zero-order valence-corrected chi connectivity index (χ0v) is 15.6. The molecule has 4 nitrogen and oxygen atoms in total. The van der Waals surface area contributed by atoms with E-state index in [0.29, 0.717) is 5.92 Å². The fourth-order valence-electron chi connectivity index (χ4n) is 5.05. The van der Waals surface area contributed by atoms with E-state index in [1.807, 2.05) is 13.8 Å². The molecule has 4 heteroatoms. The van der Waals surface area contributed by atoms with E-state index in [0.717, 1.165) is 49.7 Å². The molecule has 1 spiro atoms. The minimum Gasteiger partial charge on any atom is -0.358 e. The molecular weight excluding hydrogens is 304 g/mol. The van der Waals surface area contributed by atoms with Crippen LogP contribution in [-0.2, 0) is 19.0 Å². The second-order valence-electron chi connectivity index (χ2n) is 9.10. The summed E-state index contributed by atoms with van der Waals surface area (Å²) in [6.45, 7) is 10.6. The SMILES string of the molecule is CC(C)=C1CC[C@@]2(C)CC[C@@]3(O[C@@H](C[C@H]3C)C[C@]3(C)O[C@H]3C1=O)O2. The summed E-state index contributed by atoms with van der Waals surface area (Å²) >= 11 is 0. The monoisotopic (exact) mass is 334 g/mol. The predicted molar refractivity (Wildman–Crippen MR) is 90.6 cm³/mol. The number of rotatable bonds is 0. The third-order valence-corrected chi connectivity index (χ3v) is 6.72. The number of ether oxygens (including phenoxy) is 3. The van der Waals surface area contributed by atoms with Gasteiger partial charge >= 0.3 is 0 Å². The number of allylic oxidation sites excluding steroid dienone is 1. The standard InChI is InChI=1S/C20H30O4/c1-12(2)15-6-7-18(4)8-9-20(24-18)13(3)10-14(22-20)11-19(5)17(23-19)16(15)21/h13-14,17H,6-11H2,1-5H3/t13-,14+,17+,18+,19+,20-/m1/s1. The number of carbonyl (C=O) groups excluding carboxylic acids is 1. The Morgan fingerprint density at radius 1 is 1.12 bits per heavy atom. The molecule has 0 aromatic heterocycles. The molecule has 0 saturated carbocycles. The molecule has 0 N–H and O–H groups in total. The Kier molecular flexibility index (Phi) is 3.59. The number of Topliss-reactive ketones (excluding diaryl/α,β-unsaturated/α-hetero) is 1. The van der Waals surface area contributed by atoms with Crippen molar-refractivity contribution < 1.29 is 19.0 Å². The summed E-state index contributed by atoms with van der Waals surface area (Å²) in [5.41, 5.74) is 1.49. The van der Waals surface area contributed by atoms with Crippen LogP contribution in [0.25, 0.3) is 0 Å². The lowest BCUT2D eigenvalue weighted by molar-refractivity contribution is -0.255. The zero-order chi connectivity index (χ0) is 17.3. The minimum absolute atomic E-state index is 0.125. The van der Waals surface area contributed by atoms with E-state index in [-0.39, 0.29) is 29.2 Å². The van der Waals surface area contributed by atoms with Crippen LogP contribution in [0.1, 0.15) is 73.1 Å². The van der Waals surface area contributed by atoms with Crippen LogP contribution >= 0.6 is 0 Å². The maximum atomic E-state index is 13.0. The summed E-state index contributed by atoms with van der Waals surface area (Å²) in [6, 6.07) is 0. The molecule has 0 radical (unpaired) electrons. The van der Waals surface area contributed by atoms with Gasteiger partial charge in [0.1, 0.15) is 11.7 Å². The first-order chi connectivity index (χ1) is 11.2. The second-order valence-corrected chi connectivity index (χ2v) is 9.10. The molecule has 4 aliphatic heterocycles. The van der Waals surface area contributed by atoms with Crippen molar-refractivity contribution in [1.82, 2.24) is 0 Å². The molecule has 4 fully saturated rings. The van der Waals surface area contributed by atoms with Crippen LogP contribution < -0.4 is 0 Å². The fraction of sp³-hybridized carbons (Fsp3) is 0.850. The maximum Gasteiger partial charge on any atom is 0.190 e. The lowest BCUT2D eigenvalue weighted by Crippen LogP contribution is -2.39. The highest BCUT2D eigenvalue weighted by atomic mass is 16.7. The van der Waals surface area contributed by atoms with Gasteiger partial charge in [-0.1, -0.05) is 12.5 Å². The molecule has 24 heavy (non-hydrogen) atoms. The largest absolute Gasteiger partial charge is 0.358 e. The first kappa shape index (κ1) is 16.7. The van der Waals surface area contributed by atoms with Crippen molar-refractivity contribution in [3.05, 3.63) is 11.1 Å². The Bertz CT molecular complexity index is 607. The van der Waals surface area contributed by atoms with Crippen molar-refractivity contribution >= 4 is 5.78 Å². The minimum atomic E-state index is -0.422. The maximum absolute atomic E-state index is 13.0. The number of carbonyl (C=O) groups is 1. The quantitative estimate of drug-likeness (QED) is 0.497. The first-order valence-electron chi connectivity index (χ1n) is 9.43. The molecule has 0 aliphatic carbocycles. The molecule has 0 amide bonds. The lowest BCUT2D eigenvalue weighted by Gasteiger charge is -2.33. The van der Waals surface area contributed by atoms with E-state index in [1.165, 1.54) is 0 Å². The van der Waals surface area contributed by atoms with E-state index in [2.05, 4.69) is 20.8 Å². The Hall–Kier alpha value is -0.710. The molecule has 4 aliphatic rings. The van der Waals surface area contributed by atoms with Gasteiger partial charge in [-0.05, 0) is 59.0 Å². The predicted octanol–water partition coefficient (Wildman–Crippen LogP) is 3.92. The van der Waals surface area contributed by atoms with Crippen molar-refractivity contribution in [2.75, 3.05) is 0 Å². The van der Waals surface area contributed by atoms with Gasteiger partial charge in [-0.25, -0.2) is 0 Å². The van der Waals surface area contributed by atoms with Crippen molar-refractivity contribution in [2.45, 2.75) is 102 Å². The number of epoxide rings is 1. The molecule has 0 aromatic rings. The molecule has 6 atom stereocenters. The van der Waals surface area contributed by atoms with Gasteiger partial charge in [0, 0.05) is 18.8 Å². The van der Waals surface area contributed by atoms with E-state index in [9.17, 15) is 4.79 Å². The summed E-state index contributed by atoms with van der Waals surface area (Å²) < 4.78 is 18.9. The normalized spacial score (nSPS) is 51.0. The molecule has 0 aromatic carbocycles. The van der Waals surface area contributed by atoms with Crippen LogP contribution in [0.5, 0.6) is 0 Å². The highest BCUT2D eigenvalue weighted by Crippen LogP contribution is 2.54. The molecule has 4 rings (SSSR count). The van der Waals surface area contributed by atoms with Crippen LogP contribution in [0.3, 0.4) is 0 Å². The average molecular weight is 334 g/mol. The molecular formula is C20H30O4. The topological polar surface area (TPSA) is 48.1 Å². The summed E-state index contributed by atoms with van der Waals surface area (Å²) in [5, 5.41) is 0. The Morgan fingerprint density at radius 3 is 2.58 bits per heavy atom.